The third-order valence-corrected chi connectivity index (χ3v) is 5.42. The number of benzene rings is 2. The van der Waals surface area contributed by atoms with Crippen LogP contribution in [0.3, 0.4) is 0 Å². The summed E-state index contributed by atoms with van der Waals surface area (Å²) in [5, 5.41) is 2.72. The van der Waals surface area contributed by atoms with Crippen molar-refractivity contribution in [1.82, 2.24) is 5.32 Å². The highest BCUT2D eigenvalue weighted by atomic mass is 32.2. The molecule has 3 rings (SSSR count). The summed E-state index contributed by atoms with van der Waals surface area (Å²) in [6.07, 6.45) is 5.18. The van der Waals surface area contributed by atoms with Crippen LogP contribution in [0, 0.1) is 0 Å². The van der Waals surface area contributed by atoms with Crippen LogP contribution in [-0.4, -0.2) is 33.2 Å². The number of carbonyl (C=O) groups excluding carboxylic acids is 2. The molecule has 1 heterocycles. The van der Waals surface area contributed by atoms with Crippen molar-refractivity contribution in [3.63, 3.8) is 0 Å². The molecular formula is C23H27N3O4S. The number of rotatable bonds is 5. The Kier molecular flexibility index (Phi) is 6.22. The molecule has 0 aromatic heterocycles. The van der Waals surface area contributed by atoms with Gasteiger partial charge in [-0.3, -0.25) is 9.52 Å². The normalized spacial score (nSPS) is 15.3. The van der Waals surface area contributed by atoms with Crippen molar-refractivity contribution in [1.29, 1.82) is 0 Å². The van der Waals surface area contributed by atoms with Crippen LogP contribution < -0.4 is 14.9 Å². The van der Waals surface area contributed by atoms with E-state index in [0.717, 1.165) is 22.9 Å². The first-order valence-corrected chi connectivity index (χ1v) is 11.8. The molecule has 2 aromatic rings. The number of urea groups is 1. The van der Waals surface area contributed by atoms with Gasteiger partial charge in [0.15, 0.2) is 0 Å². The molecule has 31 heavy (non-hydrogen) atoms. The first kappa shape index (κ1) is 22.6. The van der Waals surface area contributed by atoms with Crippen molar-refractivity contribution in [3.8, 4) is 0 Å². The summed E-state index contributed by atoms with van der Waals surface area (Å²) in [6.45, 7) is 6.58. The van der Waals surface area contributed by atoms with Crippen molar-refractivity contribution in [2.45, 2.75) is 32.6 Å². The summed E-state index contributed by atoms with van der Waals surface area (Å²) in [6, 6.07) is 12.3. The number of sulfonamides is 1. The molecule has 3 amide bonds. The monoisotopic (exact) mass is 441 g/mol. The maximum Gasteiger partial charge on any atom is 0.328 e. The second kappa shape index (κ2) is 8.55. The number of nitrogens with one attached hydrogen (secondary N) is 2. The van der Waals surface area contributed by atoms with Gasteiger partial charge >= 0.3 is 6.03 Å². The molecule has 2 N–H and O–H groups in total. The quantitative estimate of drug-likeness (QED) is 0.686. The third kappa shape index (κ3) is 5.95. The van der Waals surface area contributed by atoms with E-state index in [2.05, 4.69) is 30.8 Å². The topological polar surface area (TPSA) is 95.6 Å². The maximum atomic E-state index is 12.4. The van der Waals surface area contributed by atoms with Crippen LogP contribution in [0.4, 0.5) is 16.2 Å². The van der Waals surface area contributed by atoms with Gasteiger partial charge in [-0.2, -0.15) is 0 Å². The van der Waals surface area contributed by atoms with Gasteiger partial charge < -0.3 is 5.32 Å². The molecule has 0 aliphatic carbocycles. The fraction of sp³-hybridized carbons (Fsp3) is 0.304. The molecule has 1 aliphatic rings. The molecular weight excluding hydrogens is 414 g/mol. The zero-order valence-electron chi connectivity index (χ0n) is 18.1. The fourth-order valence-corrected chi connectivity index (χ4v) is 3.77. The van der Waals surface area contributed by atoms with Gasteiger partial charge in [0.25, 0.3) is 0 Å². The van der Waals surface area contributed by atoms with Crippen molar-refractivity contribution in [2.24, 2.45) is 0 Å². The number of imide groups is 1. The first-order valence-electron chi connectivity index (χ1n) is 9.95. The Labute approximate surface area is 183 Å². The molecule has 0 bridgehead atoms. The lowest BCUT2D eigenvalue weighted by molar-refractivity contribution is -0.118. The highest BCUT2D eigenvalue weighted by Gasteiger charge is 2.28. The largest absolute Gasteiger partial charge is 0.337 e. The molecule has 1 fully saturated rings. The molecule has 1 aliphatic heterocycles. The van der Waals surface area contributed by atoms with Crippen LogP contribution in [0.5, 0.6) is 0 Å². The predicted octanol–water partition coefficient (Wildman–Crippen LogP) is 3.97. The van der Waals surface area contributed by atoms with Gasteiger partial charge in [-0.1, -0.05) is 51.1 Å². The Bertz CT molecular complexity index is 1110. The van der Waals surface area contributed by atoms with Gasteiger partial charge in [-0.25, -0.2) is 18.1 Å². The van der Waals surface area contributed by atoms with E-state index in [-0.39, 0.29) is 17.7 Å². The smallest absolute Gasteiger partial charge is 0.328 e. The highest BCUT2D eigenvalue weighted by Crippen LogP contribution is 2.30. The summed E-state index contributed by atoms with van der Waals surface area (Å²) in [5.41, 5.74) is 3.60. The van der Waals surface area contributed by atoms with Gasteiger partial charge in [-0.15, -0.1) is 0 Å². The Balaban J connectivity index is 1.93. The molecule has 7 nitrogen and oxygen atoms in total. The minimum Gasteiger partial charge on any atom is -0.337 e. The minimum atomic E-state index is -3.32. The summed E-state index contributed by atoms with van der Waals surface area (Å²) in [7, 11) is -3.32. The molecule has 2 aromatic carbocycles. The van der Waals surface area contributed by atoms with Crippen molar-refractivity contribution >= 4 is 45.5 Å². The second-order valence-corrected chi connectivity index (χ2v) is 10.4. The van der Waals surface area contributed by atoms with E-state index < -0.39 is 16.1 Å². The van der Waals surface area contributed by atoms with Crippen LogP contribution in [0.15, 0.2) is 42.5 Å². The number of hydrogen-bond donors (Lipinski definition) is 2. The highest BCUT2D eigenvalue weighted by molar-refractivity contribution is 7.92. The number of carbonyl (C=O) groups is 2. The number of anilines is 2. The molecule has 0 spiro atoms. The van der Waals surface area contributed by atoms with Crippen LogP contribution in [0.25, 0.3) is 12.2 Å². The summed E-state index contributed by atoms with van der Waals surface area (Å²) in [5.74, 6) is -0.223. The Morgan fingerprint density at radius 3 is 2.23 bits per heavy atom. The van der Waals surface area contributed by atoms with Gasteiger partial charge in [-0.05, 0) is 46.4 Å². The SMILES string of the molecule is CC(C)(C)c1cc(/C=C/c2ccc(NS(C)(=O)=O)cc2)cc(N2C(=O)CCNC2=O)c1. The van der Waals surface area contributed by atoms with E-state index in [0.29, 0.717) is 17.9 Å². The van der Waals surface area contributed by atoms with Gasteiger partial charge in [0.2, 0.25) is 15.9 Å². The van der Waals surface area contributed by atoms with E-state index in [1.165, 1.54) is 4.90 Å². The molecule has 0 saturated carbocycles. The summed E-state index contributed by atoms with van der Waals surface area (Å²) < 4.78 is 25.1. The maximum absolute atomic E-state index is 12.4. The summed E-state index contributed by atoms with van der Waals surface area (Å²) >= 11 is 0. The Morgan fingerprint density at radius 2 is 1.65 bits per heavy atom. The van der Waals surface area contributed by atoms with E-state index in [9.17, 15) is 18.0 Å². The zero-order valence-corrected chi connectivity index (χ0v) is 18.9. The van der Waals surface area contributed by atoms with Crippen molar-refractivity contribution < 1.29 is 18.0 Å². The van der Waals surface area contributed by atoms with Crippen LogP contribution in [0.2, 0.25) is 0 Å². The van der Waals surface area contributed by atoms with Gasteiger partial charge in [0, 0.05) is 18.7 Å². The average molecular weight is 442 g/mol. The molecule has 0 atom stereocenters. The molecule has 0 unspecified atom stereocenters. The lowest BCUT2D eigenvalue weighted by Gasteiger charge is -2.28. The molecule has 0 radical (unpaired) electrons. The van der Waals surface area contributed by atoms with Crippen LogP contribution >= 0.6 is 0 Å². The van der Waals surface area contributed by atoms with Crippen molar-refractivity contribution in [3.05, 3.63) is 59.2 Å². The third-order valence-electron chi connectivity index (χ3n) is 4.81. The number of amides is 3. The van der Waals surface area contributed by atoms with E-state index in [1.54, 1.807) is 24.3 Å². The fourth-order valence-electron chi connectivity index (χ4n) is 3.20. The number of nitrogens with zero attached hydrogens (tertiary/aromatic N) is 1. The van der Waals surface area contributed by atoms with E-state index in [1.807, 2.05) is 30.4 Å². The first-order chi connectivity index (χ1) is 14.4. The van der Waals surface area contributed by atoms with E-state index in [4.69, 9.17) is 0 Å². The summed E-state index contributed by atoms with van der Waals surface area (Å²) in [4.78, 5) is 25.9. The molecule has 1 saturated heterocycles. The van der Waals surface area contributed by atoms with Gasteiger partial charge in [0.05, 0.1) is 11.9 Å². The predicted molar refractivity (Wildman–Crippen MR) is 124 cm³/mol. The van der Waals surface area contributed by atoms with Crippen LogP contribution in [-0.2, 0) is 20.2 Å². The minimum absolute atomic E-state index is 0.174. The van der Waals surface area contributed by atoms with Crippen molar-refractivity contribution in [2.75, 3.05) is 22.4 Å². The van der Waals surface area contributed by atoms with E-state index >= 15 is 0 Å². The van der Waals surface area contributed by atoms with Crippen LogP contribution in [0.1, 0.15) is 43.9 Å². The lowest BCUT2D eigenvalue weighted by atomic mass is 9.85. The second-order valence-electron chi connectivity index (χ2n) is 8.60. The Morgan fingerprint density at radius 1 is 1.00 bits per heavy atom. The number of hydrogen-bond acceptors (Lipinski definition) is 4. The van der Waals surface area contributed by atoms with Gasteiger partial charge in [0.1, 0.15) is 0 Å². The molecule has 164 valence electrons. The lowest BCUT2D eigenvalue weighted by Crippen LogP contribution is -2.50. The standard InChI is InChI=1S/C23H27N3O4S/c1-23(2,3)18-13-17(14-20(15-18)26-21(27)11-12-24-22(26)28)6-5-16-7-9-19(10-8-16)25-31(4,29)30/h5-10,13-15,25H,11-12H2,1-4H3,(H,24,28)/b6-5+. The Hall–Kier alpha value is -3.13. The molecule has 8 heteroatoms. The zero-order chi connectivity index (χ0) is 22.8. The average Bonchev–Trinajstić information content (AvgIpc) is 2.65.